The molecule has 0 aliphatic heterocycles. The van der Waals surface area contributed by atoms with Gasteiger partial charge in [0.05, 0.1) is 31.4 Å². The zero-order valence-corrected chi connectivity index (χ0v) is 13.3. The molecule has 0 aliphatic carbocycles. The van der Waals surface area contributed by atoms with Crippen molar-refractivity contribution < 1.29 is 14.3 Å². The Labute approximate surface area is 139 Å². The van der Waals surface area contributed by atoms with E-state index in [1.165, 1.54) is 4.90 Å². The second-order valence-corrected chi connectivity index (χ2v) is 5.03. The Bertz CT molecular complexity index is 616. The molecule has 120 valence electrons. The number of carbonyl (C=O) groups excluding carboxylic acids is 2. The van der Waals surface area contributed by atoms with Crippen LogP contribution in [0.1, 0.15) is 18.4 Å². The normalized spacial score (nSPS) is 9.52. The Morgan fingerprint density at radius 1 is 1.13 bits per heavy atom. The summed E-state index contributed by atoms with van der Waals surface area (Å²) < 4.78 is 4.95. The van der Waals surface area contributed by atoms with Gasteiger partial charge < -0.3 is 9.64 Å². The van der Waals surface area contributed by atoms with Crippen LogP contribution in [0.25, 0.3) is 0 Å². The molecule has 1 aromatic carbocycles. The standard InChI is InChI=1S/C16H16ClN3O3/c17-14-6-2-1-5-13(14)11-16(22)23-12-15(21)20(9-3-7-18)10-4-8-19/h1-2,5-6H,3-4,9-12H2. The maximum absolute atomic E-state index is 12.0. The highest BCUT2D eigenvalue weighted by Gasteiger charge is 2.16. The van der Waals surface area contributed by atoms with Crippen LogP contribution in [0.15, 0.2) is 24.3 Å². The molecule has 23 heavy (non-hydrogen) atoms. The van der Waals surface area contributed by atoms with Crippen LogP contribution < -0.4 is 0 Å². The smallest absolute Gasteiger partial charge is 0.310 e. The molecule has 1 aromatic rings. The van der Waals surface area contributed by atoms with Gasteiger partial charge in [0.15, 0.2) is 6.61 Å². The summed E-state index contributed by atoms with van der Waals surface area (Å²) in [5.41, 5.74) is 0.623. The fourth-order valence-corrected chi connectivity index (χ4v) is 2.02. The molecule has 7 heteroatoms. The first kappa shape index (κ1) is 18.5. The molecule has 0 unspecified atom stereocenters. The molecule has 0 saturated heterocycles. The first-order valence-corrected chi connectivity index (χ1v) is 7.37. The van der Waals surface area contributed by atoms with Crippen molar-refractivity contribution in [3.8, 4) is 12.1 Å². The maximum Gasteiger partial charge on any atom is 0.310 e. The lowest BCUT2D eigenvalue weighted by atomic mass is 10.1. The number of carbonyl (C=O) groups is 2. The van der Waals surface area contributed by atoms with Crippen molar-refractivity contribution in [3.05, 3.63) is 34.9 Å². The molecule has 0 radical (unpaired) electrons. The number of rotatable bonds is 8. The number of benzene rings is 1. The van der Waals surface area contributed by atoms with Gasteiger partial charge in [0.1, 0.15) is 0 Å². The molecular weight excluding hydrogens is 318 g/mol. The highest BCUT2D eigenvalue weighted by Crippen LogP contribution is 2.15. The van der Waals surface area contributed by atoms with Crippen LogP contribution in [0.3, 0.4) is 0 Å². The van der Waals surface area contributed by atoms with Crippen molar-refractivity contribution in [1.29, 1.82) is 10.5 Å². The zero-order valence-electron chi connectivity index (χ0n) is 12.5. The van der Waals surface area contributed by atoms with Crippen LogP contribution in [0.2, 0.25) is 5.02 Å². The lowest BCUT2D eigenvalue weighted by Crippen LogP contribution is -2.36. The SMILES string of the molecule is N#CCCN(CCC#N)C(=O)COC(=O)Cc1ccccc1Cl. The first-order chi connectivity index (χ1) is 11.1. The van der Waals surface area contributed by atoms with E-state index in [4.69, 9.17) is 26.9 Å². The molecule has 1 amide bonds. The molecule has 0 saturated carbocycles. The molecule has 0 heterocycles. The molecule has 0 aromatic heterocycles. The van der Waals surface area contributed by atoms with Crippen molar-refractivity contribution in [2.45, 2.75) is 19.3 Å². The molecular formula is C16H16ClN3O3. The van der Waals surface area contributed by atoms with Crippen molar-refractivity contribution >= 4 is 23.5 Å². The van der Waals surface area contributed by atoms with Crippen LogP contribution in [0.4, 0.5) is 0 Å². The number of nitriles is 2. The van der Waals surface area contributed by atoms with E-state index in [2.05, 4.69) is 0 Å². The maximum atomic E-state index is 12.0. The summed E-state index contributed by atoms with van der Waals surface area (Å²) in [6, 6.07) is 10.7. The highest BCUT2D eigenvalue weighted by molar-refractivity contribution is 6.31. The van der Waals surface area contributed by atoms with E-state index in [0.717, 1.165) is 0 Å². The predicted octanol–water partition coefficient (Wildman–Crippen LogP) is 2.08. The van der Waals surface area contributed by atoms with E-state index in [0.29, 0.717) is 10.6 Å². The second kappa shape index (κ2) is 10.2. The Morgan fingerprint density at radius 3 is 2.30 bits per heavy atom. The minimum atomic E-state index is -0.563. The minimum absolute atomic E-state index is 0.0245. The van der Waals surface area contributed by atoms with Crippen molar-refractivity contribution in [1.82, 2.24) is 4.90 Å². The fraction of sp³-hybridized carbons (Fsp3) is 0.375. The van der Waals surface area contributed by atoms with E-state index >= 15 is 0 Å². The van der Waals surface area contributed by atoms with Gasteiger partial charge in [0, 0.05) is 18.1 Å². The Morgan fingerprint density at radius 2 is 1.74 bits per heavy atom. The van der Waals surface area contributed by atoms with Gasteiger partial charge >= 0.3 is 5.97 Å². The third-order valence-corrected chi connectivity index (χ3v) is 3.36. The zero-order chi connectivity index (χ0) is 17.1. The summed E-state index contributed by atoms with van der Waals surface area (Å²) in [5, 5.41) is 17.6. The van der Waals surface area contributed by atoms with Crippen LogP contribution >= 0.6 is 11.6 Å². The van der Waals surface area contributed by atoms with Gasteiger partial charge in [-0.1, -0.05) is 29.8 Å². The van der Waals surface area contributed by atoms with E-state index in [1.54, 1.807) is 24.3 Å². The van der Waals surface area contributed by atoms with E-state index < -0.39 is 18.5 Å². The van der Waals surface area contributed by atoms with Gasteiger partial charge in [-0.25, -0.2) is 0 Å². The number of amides is 1. The minimum Gasteiger partial charge on any atom is -0.455 e. The molecule has 0 bridgehead atoms. The predicted molar refractivity (Wildman–Crippen MR) is 83.2 cm³/mol. The van der Waals surface area contributed by atoms with Crippen molar-refractivity contribution in [2.75, 3.05) is 19.7 Å². The Hall–Kier alpha value is -2.57. The van der Waals surface area contributed by atoms with Crippen LogP contribution in [-0.2, 0) is 20.7 Å². The number of hydrogen-bond acceptors (Lipinski definition) is 5. The molecule has 6 nitrogen and oxygen atoms in total. The number of ether oxygens (including phenoxy) is 1. The third-order valence-electron chi connectivity index (χ3n) is 2.99. The number of esters is 1. The first-order valence-electron chi connectivity index (χ1n) is 6.99. The molecule has 0 fully saturated rings. The van der Waals surface area contributed by atoms with Gasteiger partial charge in [0.25, 0.3) is 5.91 Å². The van der Waals surface area contributed by atoms with E-state index in [1.807, 2.05) is 12.1 Å². The van der Waals surface area contributed by atoms with Crippen LogP contribution in [-0.4, -0.2) is 36.5 Å². The molecule has 0 atom stereocenters. The summed E-state index contributed by atoms with van der Waals surface area (Å²) >= 11 is 5.95. The van der Waals surface area contributed by atoms with E-state index in [-0.39, 0.29) is 32.4 Å². The summed E-state index contributed by atoms with van der Waals surface area (Å²) in [6.45, 7) is -0.00169. The van der Waals surface area contributed by atoms with Crippen LogP contribution in [0.5, 0.6) is 0 Å². The molecule has 0 aliphatic rings. The monoisotopic (exact) mass is 333 g/mol. The fourth-order valence-electron chi connectivity index (χ4n) is 1.81. The van der Waals surface area contributed by atoms with Gasteiger partial charge in [-0.2, -0.15) is 10.5 Å². The van der Waals surface area contributed by atoms with Gasteiger partial charge in [0.2, 0.25) is 0 Å². The summed E-state index contributed by atoms with van der Waals surface area (Å²) in [6.07, 6.45) is 0.290. The van der Waals surface area contributed by atoms with Crippen LogP contribution in [0, 0.1) is 22.7 Å². The Balaban J connectivity index is 2.49. The molecule has 0 spiro atoms. The average Bonchev–Trinajstić information content (AvgIpc) is 2.55. The van der Waals surface area contributed by atoms with Gasteiger partial charge in [-0.15, -0.1) is 0 Å². The summed E-state index contributed by atoms with van der Waals surface area (Å²) in [5.74, 6) is -0.991. The number of hydrogen-bond donors (Lipinski definition) is 0. The second-order valence-electron chi connectivity index (χ2n) is 4.63. The average molecular weight is 334 g/mol. The van der Waals surface area contributed by atoms with E-state index in [9.17, 15) is 9.59 Å². The lowest BCUT2D eigenvalue weighted by molar-refractivity contribution is -0.151. The summed E-state index contributed by atoms with van der Waals surface area (Å²) in [7, 11) is 0. The van der Waals surface area contributed by atoms with Gasteiger partial charge in [-0.05, 0) is 11.6 Å². The third kappa shape index (κ3) is 6.82. The van der Waals surface area contributed by atoms with Gasteiger partial charge in [-0.3, -0.25) is 9.59 Å². The largest absolute Gasteiger partial charge is 0.455 e. The molecule has 1 rings (SSSR count). The lowest BCUT2D eigenvalue weighted by Gasteiger charge is -2.20. The molecule has 0 N–H and O–H groups in total. The number of nitrogens with zero attached hydrogens (tertiary/aromatic N) is 3. The quantitative estimate of drug-likeness (QED) is 0.679. The summed E-state index contributed by atoms with van der Waals surface area (Å²) in [4.78, 5) is 25.1. The van der Waals surface area contributed by atoms with Crippen molar-refractivity contribution in [3.63, 3.8) is 0 Å². The highest BCUT2D eigenvalue weighted by atomic mass is 35.5. The number of halogens is 1. The van der Waals surface area contributed by atoms with Crippen molar-refractivity contribution in [2.24, 2.45) is 0 Å². The Kier molecular flexibility index (Phi) is 8.20. The topological polar surface area (TPSA) is 94.2 Å².